The maximum atomic E-state index is 4.65. The third-order valence-corrected chi connectivity index (χ3v) is 3.95. The number of aromatic nitrogens is 3. The van der Waals surface area contributed by atoms with Gasteiger partial charge in [-0.2, -0.15) is 0 Å². The fourth-order valence-electron chi connectivity index (χ4n) is 2.55. The number of nitrogens with one attached hydrogen (secondary N) is 2. The second kappa shape index (κ2) is 10.7. The number of para-hydroxylation sites is 1. The molecule has 0 saturated heterocycles. The number of benzene rings is 2. The van der Waals surface area contributed by atoms with Crippen molar-refractivity contribution in [1.29, 1.82) is 0 Å². The van der Waals surface area contributed by atoms with Gasteiger partial charge in [0.1, 0.15) is 6.33 Å². The molecule has 142 valence electrons. The minimum absolute atomic E-state index is 0. The summed E-state index contributed by atoms with van der Waals surface area (Å²) in [6.45, 7) is 6.10. The van der Waals surface area contributed by atoms with Crippen molar-refractivity contribution in [3.63, 3.8) is 0 Å². The van der Waals surface area contributed by atoms with Crippen LogP contribution in [0.15, 0.2) is 65.9 Å². The van der Waals surface area contributed by atoms with Crippen LogP contribution in [0, 0.1) is 6.92 Å². The van der Waals surface area contributed by atoms with Crippen molar-refractivity contribution in [2.45, 2.75) is 26.9 Å². The topological polar surface area (TPSA) is 67.1 Å². The summed E-state index contributed by atoms with van der Waals surface area (Å²) in [4.78, 5) is 4.65. The van der Waals surface area contributed by atoms with Crippen LogP contribution in [0.1, 0.15) is 23.9 Å². The van der Waals surface area contributed by atoms with Crippen molar-refractivity contribution < 1.29 is 0 Å². The lowest BCUT2D eigenvalue weighted by Crippen LogP contribution is -2.37. The average molecular weight is 476 g/mol. The first kappa shape index (κ1) is 20.9. The number of hydrogen-bond acceptors (Lipinski definition) is 3. The zero-order chi connectivity index (χ0) is 18.2. The largest absolute Gasteiger partial charge is 0.357 e. The smallest absolute Gasteiger partial charge is 0.191 e. The molecule has 0 spiro atoms. The molecule has 3 rings (SSSR count). The molecule has 0 unspecified atom stereocenters. The van der Waals surface area contributed by atoms with Crippen LogP contribution < -0.4 is 10.6 Å². The summed E-state index contributed by atoms with van der Waals surface area (Å²) in [7, 11) is 0. The molecule has 2 aromatic carbocycles. The van der Waals surface area contributed by atoms with E-state index in [0.29, 0.717) is 13.1 Å². The van der Waals surface area contributed by atoms with Crippen LogP contribution in [0.3, 0.4) is 0 Å². The SMILES string of the molecule is CCNC(=NCc1ccc(C)cc1)NCc1nncn1-c1ccccc1.I. The van der Waals surface area contributed by atoms with Crippen LogP contribution in [0.25, 0.3) is 5.69 Å². The van der Waals surface area contributed by atoms with Gasteiger partial charge in [-0.25, -0.2) is 4.99 Å². The van der Waals surface area contributed by atoms with Gasteiger partial charge in [-0.3, -0.25) is 4.57 Å². The van der Waals surface area contributed by atoms with Gasteiger partial charge >= 0.3 is 0 Å². The Hall–Kier alpha value is -2.42. The van der Waals surface area contributed by atoms with E-state index < -0.39 is 0 Å². The fourth-order valence-corrected chi connectivity index (χ4v) is 2.55. The van der Waals surface area contributed by atoms with Gasteiger partial charge in [-0.15, -0.1) is 34.2 Å². The van der Waals surface area contributed by atoms with Gasteiger partial charge in [0.05, 0.1) is 13.1 Å². The first-order valence-corrected chi connectivity index (χ1v) is 8.78. The summed E-state index contributed by atoms with van der Waals surface area (Å²) < 4.78 is 1.97. The Labute approximate surface area is 177 Å². The van der Waals surface area contributed by atoms with Crippen molar-refractivity contribution in [2.24, 2.45) is 4.99 Å². The molecule has 2 N–H and O–H groups in total. The van der Waals surface area contributed by atoms with E-state index in [-0.39, 0.29) is 24.0 Å². The van der Waals surface area contributed by atoms with Crippen molar-refractivity contribution in [3.8, 4) is 5.69 Å². The summed E-state index contributed by atoms with van der Waals surface area (Å²) in [5, 5.41) is 14.9. The average Bonchev–Trinajstić information content (AvgIpc) is 3.14. The zero-order valence-electron chi connectivity index (χ0n) is 15.6. The van der Waals surface area contributed by atoms with Gasteiger partial charge in [0.25, 0.3) is 0 Å². The number of hydrogen-bond donors (Lipinski definition) is 2. The fraction of sp³-hybridized carbons (Fsp3) is 0.250. The van der Waals surface area contributed by atoms with Gasteiger partial charge in [0.2, 0.25) is 0 Å². The van der Waals surface area contributed by atoms with Crippen LogP contribution in [-0.2, 0) is 13.1 Å². The highest BCUT2D eigenvalue weighted by atomic mass is 127. The van der Waals surface area contributed by atoms with E-state index in [1.807, 2.05) is 34.9 Å². The second-order valence-corrected chi connectivity index (χ2v) is 5.99. The lowest BCUT2D eigenvalue weighted by atomic mass is 10.1. The lowest BCUT2D eigenvalue weighted by Gasteiger charge is -2.12. The summed E-state index contributed by atoms with van der Waals surface area (Å²) in [6, 6.07) is 18.5. The van der Waals surface area contributed by atoms with Crippen LogP contribution in [0.5, 0.6) is 0 Å². The number of aryl methyl sites for hydroxylation is 1. The Balaban J connectivity index is 0.00000261. The molecule has 0 atom stereocenters. The molecule has 0 amide bonds. The van der Waals surface area contributed by atoms with E-state index in [0.717, 1.165) is 24.0 Å². The predicted octanol–water partition coefficient (Wildman–Crippen LogP) is 3.45. The van der Waals surface area contributed by atoms with Gasteiger partial charge in [0, 0.05) is 12.2 Å². The highest BCUT2D eigenvalue weighted by Crippen LogP contribution is 2.08. The normalized spacial score (nSPS) is 11.0. The minimum Gasteiger partial charge on any atom is -0.357 e. The molecule has 7 heteroatoms. The summed E-state index contributed by atoms with van der Waals surface area (Å²) >= 11 is 0. The van der Waals surface area contributed by atoms with Gasteiger partial charge in [-0.1, -0.05) is 48.0 Å². The molecular weight excluding hydrogens is 451 g/mol. The Morgan fingerprint density at radius 2 is 1.78 bits per heavy atom. The van der Waals surface area contributed by atoms with Crippen LogP contribution in [0.2, 0.25) is 0 Å². The zero-order valence-corrected chi connectivity index (χ0v) is 17.9. The van der Waals surface area contributed by atoms with Crippen LogP contribution in [-0.4, -0.2) is 27.3 Å². The number of nitrogens with zero attached hydrogens (tertiary/aromatic N) is 4. The third-order valence-electron chi connectivity index (χ3n) is 3.95. The van der Waals surface area contributed by atoms with Gasteiger partial charge < -0.3 is 10.6 Å². The Bertz CT molecular complexity index is 842. The van der Waals surface area contributed by atoms with E-state index in [9.17, 15) is 0 Å². The molecular formula is C20H25IN6. The minimum atomic E-state index is 0. The lowest BCUT2D eigenvalue weighted by molar-refractivity contribution is 0.756. The molecule has 0 fully saturated rings. The molecule has 0 saturated carbocycles. The molecule has 0 aliphatic heterocycles. The molecule has 0 aliphatic rings. The Morgan fingerprint density at radius 1 is 1.04 bits per heavy atom. The van der Waals surface area contributed by atoms with Crippen molar-refractivity contribution in [1.82, 2.24) is 25.4 Å². The molecule has 1 heterocycles. The molecule has 3 aromatic rings. The van der Waals surface area contributed by atoms with E-state index in [1.165, 1.54) is 11.1 Å². The van der Waals surface area contributed by atoms with Crippen molar-refractivity contribution >= 4 is 29.9 Å². The molecule has 27 heavy (non-hydrogen) atoms. The molecule has 0 aliphatic carbocycles. The first-order chi connectivity index (χ1) is 12.8. The van der Waals surface area contributed by atoms with Crippen LogP contribution in [0.4, 0.5) is 0 Å². The predicted molar refractivity (Wildman–Crippen MR) is 120 cm³/mol. The second-order valence-electron chi connectivity index (χ2n) is 5.99. The van der Waals surface area contributed by atoms with Crippen molar-refractivity contribution in [2.75, 3.05) is 6.54 Å². The number of rotatable bonds is 6. The highest BCUT2D eigenvalue weighted by Gasteiger charge is 2.07. The summed E-state index contributed by atoms with van der Waals surface area (Å²) in [5.74, 6) is 1.59. The Morgan fingerprint density at radius 3 is 2.48 bits per heavy atom. The van der Waals surface area contributed by atoms with Gasteiger partial charge in [-0.05, 0) is 31.5 Å². The van der Waals surface area contributed by atoms with Crippen molar-refractivity contribution in [3.05, 3.63) is 77.9 Å². The first-order valence-electron chi connectivity index (χ1n) is 8.78. The molecule has 0 bridgehead atoms. The van der Waals surface area contributed by atoms with E-state index >= 15 is 0 Å². The summed E-state index contributed by atoms with van der Waals surface area (Å²) in [5.41, 5.74) is 3.47. The number of halogens is 1. The Kier molecular flexibility index (Phi) is 8.25. The molecule has 0 radical (unpaired) electrons. The number of aliphatic imine (C=N–C) groups is 1. The standard InChI is InChI=1S/C20H24N6.HI/c1-3-21-20(22-13-17-11-9-16(2)10-12-17)23-14-19-25-24-15-26(19)18-7-5-4-6-8-18;/h4-12,15H,3,13-14H2,1-2H3,(H2,21,22,23);1H. The van der Waals surface area contributed by atoms with Crippen LogP contribution >= 0.6 is 24.0 Å². The molecule has 1 aromatic heterocycles. The third kappa shape index (κ3) is 6.06. The number of guanidine groups is 1. The maximum Gasteiger partial charge on any atom is 0.191 e. The quantitative estimate of drug-likeness (QED) is 0.325. The molecule has 6 nitrogen and oxygen atoms in total. The van der Waals surface area contributed by atoms with E-state index in [4.69, 9.17) is 0 Å². The summed E-state index contributed by atoms with van der Waals surface area (Å²) in [6.07, 6.45) is 1.72. The van der Waals surface area contributed by atoms with E-state index in [2.05, 4.69) is 63.9 Å². The maximum absolute atomic E-state index is 4.65. The monoisotopic (exact) mass is 476 g/mol. The van der Waals surface area contributed by atoms with E-state index in [1.54, 1.807) is 6.33 Å². The van der Waals surface area contributed by atoms with Gasteiger partial charge in [0.15, 0.2) is 11.8 Å². The highest BCUT2D eigenvalue weighted by molar-refractivity contribution is 14.0.